The molecule has 0 unspecified atom stereocenters. The molecular formula is C15H16N4O2S2. The van der Waals surface area contributed by atoms with Crippen molar-refractivity contribution >= 4 is 38.0 Å². The number of likely N-dealkylation sites (N-methyl/N-ethyl adjacent to an activating group) is 1. The zero-order valence-electron chi connectivity index (χ0n) is 12.5. The van der Waals surface area contributed by atoms with E-state index in [1.54, 1.807) is 6.07 Å². The summed E-state index contributed by atoms with van der Waals surface area (Å²) >= 11 is 1.10. The number of anilines is 1. The molecule has 0 fully saturated rings. The fourth-order valence-corrected chi connectivity index (χ4v) is 4.88. The molecule has 0 radical (unpaired) electrons. The summed E-state index contributed by atoms with van der Waals surface area (Å²) in [6.07, 6.45) is 2.33. The summed E-state index contributed by atoms with van der Waals surface area (Å²) in [5, 5.41) is 1.10. The van der Waals surface area contributed by atoms with Crippen LogP contribution in [0.4, 0.5) is 5.69 Å². The first kappa shape index (κ1) is 14.7. The molecule has 6 nitrogen and oxygen atoms in total. The molecule has 0 bridgehead atoms. The Bertz CT molecular complexity index is 961. The van der Waals surface area contributed by atoms with Crippen LogP contribution in [0.5, 0.6) is 0 Å². The van der Waals surface area contributed by atoms with Crippen LogP contribution in [-0.2, 0) is 23.0 Å². The maximum absolute atomic E-state index is 12.4. The molecule has 2 N–H and O–H groups in total. The minimum absolute atomic E-state index is 0.213. The van der Waals surface area contributed by atoms with Gasteiger partial charge in [-0.1, -0.05) is 12.1 Å². The van der Waals surface area contributed by atoms with E-state index < -0.39 is 10.0 Å². The van der Waals surface area contributed by atoms with Gasteiger partial charge in [0.15, 0.2) is 4.21 Å². The third-order valence-electron chi connectivity index (χ3n) is 4.12. The molecule has 0 saturated carbocycles. The molecular weight excluding hydrogens is 332 g/mol. The average Bonchev–Trinajstić information content (AvgIpc) is 3.14. The summed E-state index contributed by atoms with van der Waals surface area (Å²) in [6, 6.07) is 5.71. The molecule has 1 aliphatic rings. The lowest BCUT2D eigenvalue weighted by molar-refractivity contribution is 0.310. The van der Waals surface area contributed by atoms with E-state index in [0.717, 1.165) is 47.4 Å². The second-order valence-corrected chi connectivity index (χ2v) is 8.52. The van der Waals surface area contributed by atoms with E-state index in [0.29, 0.717) is 5.69 Å². The van der Waals surface area contributed by atoms with Gasteiger partial charge >= 0.3 is 0 Å². The second kappa shape index (κ2) is 5.33. The van der Waals surface area contributed by atoms with Crippen molar-refractivity contribution in [1.29, 1.82) is 0 Å². The standard InChI is InChI=1S/C15H16N4O2S2/c1-19-6-5-10-11-3-2-4-12(15(11)17-13(10)8-19)18-23(20,21)14-7-16-9-22-14/h2-4,7,9,17-18H,5-6,8H2,1H3. The smallest absolute Gasteiger partial charge is 0.273 e. The Balaban J connectivity index is 1.80. The maximum atomic E-state index is 12.4. The number of hydrogen-bond donors (Lipinski definition) is 2. The van der Waals surface area contributed by atoms with Gasteiger partial charge < -0.3 is 9.88 Å². The van der Waals surface area contributed by atoms with Crippen molar-refractivity contribution in [2.45, 2.75) is 17.2 Å². The summed E-state index contributed by atoms with van der Waals surface area (Å²) in [5.41, 5.74) is 5.39. The number of H-pyrrole nitrogens is 1. The molecule has 1 aliphatic heterocycles. The van der Waals surface area contributed by atoms with Gasteiger partial charge in [0, 0.05) is 24.2 Å². The fraction of sp³-hybridized carbons (Fsp3) is 0.267. The van der Waals surface area contributed by atoms with Crippen LogP contribution in [0.2, 0.25) is 0 Å². The Morgan fingerprint density at radius 3 is 3.04 bits per heavy atom. The molecule has 4 rings (SSSR count). The molecule has 3 aromatic rings. The van der Waals surface area contributed by atoms with Crippen molar-refractivity contribution in [3.05, 3.63) is 41.2 Å². The minimum atomic E-state index is -3.60. The molecule has 23 heavy (non-hydrogen) atoms. The van der Waals surface area contributed by atoms with Crippen LogP contribution in [0.25, 0.3) is 10.9 Å². The summed E-state index contributed by atoms with van der Waals surface area (Å²) in [4.78, 5) is 9.49. The second-order valence-electron chi connectivity index (χ2n) is 5.72. The number of aromatic amines is 1. The van der Waals surface area contributed by atoms with Gasteiger partial charge in [0.2, 0.25) is 0 Å². The number of aromatic nitrogens is 2. The third kappa shape index (κ3) is 2.52. The molecule has 0 spiro atoms. The number of thiazole rings is 1. The Labute approximate surface area is 138 Å². The molecule has 3 heterocycles. The first-order valence-electron chi connectivity index (χ1n) is 7.27. The van der Waals surface area contributed by atoms with Crippen LogP contribution in [0.15, 0.2) is 34.1 Å². The van der Waals surface area contributed by atoms with E-state index in [4.69, 9.17) is 0 Å². The quantitative estimate of drug-likeness (QED) is 0.762. The van der Waals surface area contributed by atoms with Crippen LogP contribution in [0.3, 0.4) is 0 Å². The van der Waals surface area contributed by atoms with Gasteiger partial charge in [-0.25, -0.2) is 8.42 Å². The highest BCUT2D eigenvalue weighted by Gasteiger charge is 2.22. The Hall–Kier alpha value is -1.90. The van der Waals surface area contributed by atoms with Crippen LogP contribution in [0, 0.1) is 0 Å². The Morgan fingerprint density at radius 1 is 1.39 bits per heavy atom. The van der Waals surface area contributed by atoms with Gasteiger partial charge in [-0.3, -0.25) is 9.71 Å². The lowest BCUT2D eigenvalue weighted by atomic mass is 10.0. The number of rotatable bonds is 3. The monoisotopic (exact) mass is 348 g/mol. The van der Waals surface area contributed by atoms with Crippen molar-refractivity contribution in [2.75, 3.05) is 18.3 Å². The van der Waals surface area contributed by atoms with E-state index in [-0.39, 0.29) is 4.21 Å². The molecule has 2 aromatic heterocycles. The van der Waals surface area contributed by atoms with Gasteiger partial charge in [0.05, 0.1) is 22.9 Å². The van der Waals surface area contributed by atoms with Crippen molar-refractivity contribution < 1.29 is 8.42 Å². The average molecular weight is 348 g/mol. The predicted molar refractivity (Wildman–Crippen MR) is 91.3 cm³/mol. The number of nitrogens with zero attached hydrogens (tertiary/aromatic N) is 2. The van der Waals surface area contributed by atoms with E-state index >= 15 is 0 Å². The summed E-state index contributed by atoms with van der Waals surface area (Å²) in [6.45, 7) is 1.86. The van der Waals surface area contributed by atoms with Crippen LogP contribution in [-0.4, -0.2) is 36.9 Å². The number of hydrogen-bond acceptors (Lipinski definition) is 5. The number of benzene rings is 1. The van der Waals surface area contributed by atoms with Crippen molar-refractivity contribution in [3.63, 3.8) is 0 Å². The highest BCUT2D eigenvalue weighted by atomic mass is 32.2. The van der Waals surface area contributed by atoms with Gasteiger partial charge in [0.25, 0.3) is 10.0 Å². The summed E-state index contributed by atoms with van der Waals surface area (Å²) in [7, 11) is -1.51. The fourth-order valence-electron chi connectivity index (χ4n) is 3.02. The van der Waals surface area contributed by atoms with Crippen molar-refractivity contribution in [1.82, 2.24) is 14.9 Å². The number of fused-ring (bicyclic) bond motifs is 3. The first-order chi connectivity index (χ1) is 11.0. The van der Waals surface area contributed by atoms with Crippen LogP contribution in [0.1, 0.15) is 11.3 Å². The number of nitrogens with one attached hydrogen (secondary N) is 2. The molecule has 1 aromatic carbocycles. The van der Waals surface area contributed by atoms with Gasteiger partial charge in [0.1, 0.15) is 0 Å². The van der Waals surface area contributed by atoms with E-state index in [9.17, 15) is 8.42 Å². The van der Waals surface area contributed by atoms with E-state index in [1.165, 1.54) is 17.3 Å². The first-order valence-corrected chi connectivity index (χ1v) is 9.63. The molecule has 0 amide bonds. The molecule has 0 atom stereocenters. The molecule has 120 valence electrons. The van der Waals surface area contributed by atoms with E-state index in [2.05, 4.69) is 26.6 Å². The Kier molecular flexibility index (Phi) is 3.40. The van der Waals surface area contributed by atoms with Gasteiger partial charge in [-0.2, -0.15) is 0 Å². The summed E-state index contributed by atoms with van der Waals surface area (Å²) < 4.78 is 27.8. The maximum Gasteiger partial charge on any atom is 0.273 e. The van der Waals surface area contributed by atoms with E-state index in [1.807, 2.05) is 12.1 Å². The van der Waals surface area contributed by atoms with Crippen molar-refractivity contribution in [3.8, 4) is 0 Å². The molecule has 0 aliphatic carbocycles. The topological polar surface area (TPSA) is 78.1 Å². The normalized spacial score (nSPS) is 15.7. The highest BCUT2D eigenvalue weighted by Crippen LogP contribution is 2.32. The third-order valence-corrected chi connectivity index (χ3v) is 6.76. The van der Waals surface area contributed by atoms with Gasteiger partial charge in [-0.15, -0.1) is 11.3 Å². The number of para-hydroxylation sites is 1. The highest BCUT2D eigenvalue weighted by molar-refractivity contribution is 7.94. The lowest BCUT2D eigenvalue weighted by Gasteiger charge is -2.22. The zero-order chi connectivity index (χ0) is 16.0. The summed E-state index contributed by atoms with van der Waals surface area (Å²) in [5.74, 6) is 0. The largest absolute Gasteiger partial charge is 0.355 e. The van der Waals surface area contributed by atoms with Crippen LogP contribution >= 0.6 is 11.3 Å². The predicted octanol–water partition coefficient (Wildman–Crippen LogP) is 2.41. The lowest BCUT2D eigenvalue weighted by Crippen LogP contribution is -2.26. The number of sulfonamides is 1. The van der Waals surface area contributed by atoms with Crippen molar-refractivity contribution in [2.24, 2.45) is 0 Å². The molecule has 0 saturated heterocycles. The molecule has 8 heteroatoms. The van der Waals surface area contributed by atoms with Crippen LogP contribution < -0.4 is 4.72 Å². The Morgan fingerprint density at radius 2 is 2.26 bits per heavy atom. The zero-order valence-corrected chi connectivity index (χ0v) is 14.2. The SMILES string of the molecule is CN1CCc2c([nH]c3c(NS(=O)(=O)c4cncs4)cccc23)C1. The van der Waals surface area contributed by atoms with Gasteiger partial charge in [-0.05, 0) is 25.1 Å². The minimum Gasteiger partial charge on any atom is -0.355 e.